The molecule has 2 atom stereocenters. The number of amides is 3. The second-order valence-corrected chi connectivity index (χ2v) is 9.76. The summed E-state index contributed by atoms with van der Waals surface area (Å²) < 4.78 is 0. The van der Waals surface area contributed by atoms with E-state index in [4.69, 9.17) is 0 Å². The molecule has 11 nitrogen and oxygen atoms in total. The molecule has 0 aliphatic heterocycles. The third kappa shape index (κ3) is 18.5. The van der Waals surface area contributed by atoms with Gasteiger partial charge in [0.25, 0.3) is 0 Å². The monoisotopic (exact) mass is 542 g/mol. The molecule has 0 heterocycles. The molecule has 0 saturated carbocycles. The quantitative estimate of drug-likeness (QED) is 0.0745. The van der Waals surface area contributed by atoms with Crippen molar-refractivity contribution in [2.75, 3.05) is 81.1 Å². The lowest BCUT2D eigenvalue weighted by atomic mass is 10.1. The van der Waals surface area contributed by atoms with Crippen molar-refractivity contribution in [1.29, 1.82) is 0 Å². The summed E-state index contributed by atoms with van der Waals surface area (Å²) in [6.07, 6.45) is 8.84. The number of nitrogens with one attached hydrogen (secondary N) is 7. The van der Waals surface area contributed by atoms with E-state index in [-0.39, 0.29) is 29.8 Å². The number of unbranched alkanes of at least 4 members (excludes halogenated alkanes) is 4. The number of hydrogen-bond acceptors (Lipinski definition) is 8. The van der Waals surface area contributed by atoms with E-state index in [9.17, 15) is 14.4 Å². The molecule has 0 aromatic carbocycles. The Kier molecular flexibility index (Phi) is 24.3. The Balaban J connectivity index is 4.75. The molecule has 0 rings (SSSR count). The van der Waals surface area contributed by atoms with E-state index in [0.717, 1.165) is 77.4 Å². The van der Waals surface area contributed by atoms with Crippen LogP contribution in [-0.2, 0) is 14.4 Å². The molecule has 7 N–H and O–H groups in total. The van der Waals surface area contributed by atoms with Gasteiger partial charge in [0.2, 0.25) is 17.7 Å². The fraction of sp³-hybridized carbons (Fsp3) is 0.889. The van der Waals surface area contributed by atoms with Crippen molar-refractivity contribution in [1.82, 2.24) is 42.1 Å². The molecule has 2 unspecified atom stereocenters. The summed E-state index contributed by atoms with van der Waals surface area (Å²) >= 11 is 0. The molecular weight excluding hydrogens is 484 g/mol. The molecular formula is C27H58N8O3. The fourth-order valence-electron chi connectivity index (χ4n) is 4.26. The molecule has 0 aromatic heterocycles. The van der Waals surface area contributed by atoms with Gasteiger partial charge in [-0.1, -0.05) is 19.3 Å². The Morgan fingerprint density at radius 1 is 0.553 bits per heavy atom. The minimum atomic E-state index is -0.242. The third-order valence-corrected chi connectivity index (χ3v) is 6.70. The van der Waals surface area contributed by atoms with Crippen molar-refractivity contribution >= 4 is 17.7 Å². The van der Waals surface area contributed by atoms with E-state index >= 15 is 0 Å². The lowest BCUT2D eigenvalue weighted by Gasteiger charge is -2.25. The van der Waals surface area contributed by atoms with E-state index in [0.29, 0.717) is 32.6 Å². The van der Waals surface area contributed by atoms with E-state index in [1.165, 1.54) is 0 Å². The van der Waals surface area contributed by atoms with Gasteiger partial charge in [-0.25, -0.2) is 0 Å². The van der Waals surface area contributed by atoms with Crippen LogP contribution in [0.25, 0.3) is 0 Å². The van der Waals surface area contributed by atoms with Crippen molar-refractivity contribution < 1.29 is 14.4 Å². The summed E-state index contributed by atoms with van der Waals surface area (Å²) in [5.74, 6) is -0.0212. The Morgan fingerprint density at radius 2 is 0.974 bits per heavy atom. The minimum absolute atomic E-state index is 0.0418. The van der Waals surface area contributed by atoms with Gasteiger partial charge in [0.15, 0.2) is 0 Å². The zero-order valence-electron chi connectivity index (χ0n) is 24.8. The molecule has 0 bridgehead atoms. The maximum atomic E-state index is 13.0. The van der Waals surface area contributed by atoms with Gasteiger partial charge in [-0.2, -0.15) is 0 Å². The van der Waals surface area contributed by atoms with Crippen LogP contribution in [0, 0.1) is 0 Å². The van der Waals surface area contributed by atoms with Crippen molar-refractivity contribution in [3.63, 3.8) is 0 Å². The van der Waals surface area contributed by atoms with Crippen molar-refractivity contribution in [2.45, 2.75) is 76.3 Å². The third-order valence-electron chi connectivity index (χ3n) is 6.70. The number of rotatable bonds is 26. The van der Waals surface area contributed by atoms with Crippen molar-refractivity contribution in [3.8, 4) is 0 Å². The SMILES string of the molecule is CNCCCCCC(=O)N(CCNC(=O)C(CCCCNC)NC)CCNC(=O)C(CCCCNC)NC. The summed E-state index contributed by atoms with van der Waals surface area (Å²) in [4.78, 5) is 40.0. The van der Waals surface area contributed by atoms with Gasteiger partial charge in [-0.05, 0) is 93.4 Å². The lowest BCUT2D eigenvalue weighted by molar-refractivity contribution is -0.132. The molecule has 0 radical (unpaired) electrons. The first kappa shape index (κ1) is 36.2. The van der Waals surface area contributed by atoms with Gasteiger partial charge in [-0.15, -0.1) is 0 Å². The first-order valence-electron chi connectivity index (χ1n) is 14.6. The topological polar surface area (TPSA) is 139 Å². The van der Waals surface area contributed by atoms with Crippen LogP contribution < -0.4 is 37.2 Å². The Labute approximate surface area is 231 Å². The van der Waals surface area contributed by atoms with Gasteiger partial charge in [0, 0.05) is 32.6 Å². The molecule has 0 aromatic rings. The fourth-order valence-corrected chi connectivity index (χ4v) is 4.26. The molecule has 0 fully saturated rings. The lowest BCUT2D eigenvalue weighted by Crippen LogP contribution is -2.48. The number of carbonyl (C=O) groups excluding carboxylic acids is 3. The molecule has 224 valence electrons. The maximum Gasteiger partial charge on any atom is 0.237 e. The first-order chi connectivity index (χ1) is 18.4. The predicted molar refractivity (Wildman–Crippen MR) is 156 cm³/mol. The second-order valence-electron chi connectivity index (χ2n) is 9.76. The first-order valence-corrected chi connectivity index (χ1v) is 14.6. The summed E-state index contributed by atoms with van der Waals surface area (Å²) in [7, 11) is 9.38. The highest BCUT2D eigenvalue weighted by atomic mass is 16.2. The summed E-state index contributed by atoms with van der Waals surface area (Å²) in [6.45, 7) is 4.44. The van der Waals surface area contributed by atoms with Crippen LogP contribution in [0.5, 0.6) is 0 Å². The second kappa shape index (κ2) is 25.5. The standard InChI is InChI=1S/C27H58N8O3/c1-28-16-10-6-7-15-25(36)35(21-19-33-26(37)23(31-4)13-8-11-17-29-2)22-20-34-27(38)24(32-5)14-9-12-18-30-3/h23-24,28-32H,6-22H2,1-5H3,(H,33,37)(H,34,38). The van der Waals surface area contributed by atoms with E-state index in [1.807, 2.05) is 21.1 Å². The van der Waals surface area contributed by atoms with Crippen LogP contribution in [0.4, 0.5) is 0 Å². The molecule has 3 amide bonds. The Bertz CT molecular complexity index is 571. The van der Waals surface area contributed by atoms with Gasteiger partial charge in [0.1, 0.15) is 0 Å². The molecule has 38 heavy (non-hydrogen) atoms. The highest BCUT2D eigenvalue weighted by Gasteiger charge is 2.19. The van der Waals surface area contributed by atoms with Crippen molar-refractivity contribution in [2.24, 2.45) is 0 Å². The smallest absolute Gasteiger partial charge is 0.237 e. The van der Waals surface area contributed by atoms with Crippen LogP contribution in [-0.4, -0.2) is 116 Å². The molecule has 0 saturated heterocycles. The van der Waals surface area contributed by atoms with Crippen LogP contribution in [0.3, 0.4) is 0 Å². The summed E-state index contributed by atoms with van der Waals surface area (Å²) in [6, 6.07) is -0.483. The van der Waals surface area contributed by atoms with Crippen LogP contribution in [0.15, 0.2) is 0 Å². The number of likely N-dealkylation sites (N-methyl/N-ethyl adjacent to an activating group) is 2. The van der Waals surface area contributed by atoms with Crippen LogP contribution >= 0.6 is 0 Å². The average Bonchev–Trinajstić information content (AvgIpc) is 2.91. The van der Waals surface area contributed by atoms with E-state index in [1.54, 1.807) is 19.0 Å². The minimum Gasteiger partial charge on any atom is -0.353 e. The molecule has 0 spiro atoms. The van der Waals surface area contributed by atoms with Gasteiger partial charge >= 0.3 is 0 Å². The zero-order valence-corrected chi connectivity index (χ0v) is 24.8. The van der Waals surface area contributed by atoms with Gasteiger partial charge in [-0.3, -0.25) is 14.4 Å². The highest BCUT2D eigenvalue weighted by Crippen LogP contribution is 2.05. The van der Waals surface area contributed by atoms with Crippen molar-refractivity contribution in [3.05, 3.63) is 0 Å². The number of carbonyl (C=O) groups is 3. The van der Waals surface area contributed by atoms with Gasteiger partial charge < -0.3 is 42.1 Å². The van der Waals surface area contributed by atoms with Gasteiger partial charge in [0.05, 0.1) is 12.1 Å². The normalized spacial score (nSPS) is 12.7. The zero-order chi connectivity index (χ0) is 28.4. The Hall–Kier alpha value is -1.79. The molecule has 0 aliphatic carbocycles. The van der Waals surface area contributed by atoms with E-state index < -0.39 is 0 Å². The maximum absolute atomic E-state index is 13.0. The van der Waals surface area contributed by atoms with Crippen LogP contribution in [0.1, 0.15) is 64.2 Å². The molecule has 11 heteroatoms. The highest BCUT2D eigenvalue weighted by molar-refractivity contribution is 5.82. The number of hydrogen-bond donors (Lipinski definition) is 7. The van der Waals surface area contributed by atoms with Crippen LogP contribution in [0.2, 0.25) is 0 Å². The predicted octanol–water partition coefficient (Wildman–Crippen LogP) is -0.217. The number of nitrogens with zero attached hydrogens (tertiary/aromatic N) is 1. The Morgan fingerprint density at radius 3 is 1.37 bits per heavy atom. The summed E-state index contributed by atoms with van der Waals surface area (Å²) in [5.41, 5.74) is 0. The largest absolute Gasteiger partial charge is 0.353 e. The molecule has 0 aliphatic rings. The van der Waals surface area contributed by atoms with E-state index in [2.05, 4.69) is 37.2 Å². The average molecular weight is 543 g/mol. The summed E-state index contributed by atoms with van der Waals surface area (Å²) in [5, 5.41) is 21.5.